The summed E-state index contributed by atoms with van der Waals surface area (Å²) in [5.41, 5.74) is 4.28. The van der Waals surface area contributed by atoms with Gasteiger partial charge in [0.15, 0.2) is 15.7 Å². The number of nitrogens with one attached hydrogen (secondary N) is 2. The fraction of sp³-hybridized carbons (Fsp3) is 0.409. The highest BCUT2D eigenvalue weighted by atomic mass is 32.2. The van der Waals surface area contributed by atoms with E-state index in [0.717, 1.165) is 41.1 Å². The second-order valence-electron chi connectivity index (χ2n) is 8.04. The van der Waals surface area contributed by atoms with Gasteiger partial charge < -0.3 is 20.3 Å². The van der Waals surface area contributed by atoms with E-state index in [0.29, 0.717) is 32.1 Å². The Kier molecular flexibility index (Phi) is 5.90. The molecule has 32 heavy (non-hydrogen) atoms. The molecule has 2 aliphatic rings. The minimum Gasteiger partial charge on any atom is -0.374 e. The molecule has 0 radical (unpaired) electrons. The van der Waals surface area contributed by atoms with Gasteiger partial charge in [-0.2, -0.15) is 0 Å². The number of hydrogen-bond donors (Lipinski definition) is 2. The van der Waals surface area contributed by atoms with E-state index in [9.17, 15) is 8.42 Å². The normalized spacial score (nSPS) is 20.9. The molecule has 1 atom stereocenters. The van der Waals surface area contributed by atoms with Crippen LogP contribution in [-0.4, -0.2) is 80.3 Å². The van der Waals surface area contributed by atoms with Gasteiger partial charge in [-0.05, 0) is 18.2 Å². The van der Waals surface area contributed by atoms with Crippen LogP contribution in [0.4, 0.5) is 11.5 Å². The highest BCUT2D eigenvalue weighted by Crippen LogP contribution is 2.27. The summed E-state index contributed by atoms with van der Waals surface area (Å²) in [5.74, 6) is 1.09. The molecule has 0 unspecified atom stereocenters. The Morgan fingerprint density at radius 2 is 1.91 bits per heavy atom. The van der Waals surface area contributed by atoms with Crippen LogP contribution in [0.5, 0.6) is 0 Å². The van der Waals surface area contributed by atoms with Crippen LogP contribution >= 0.6 is 0 Å². The molecule has 5 rings (SSSR count). The van der Waals surface area contributed by atoms with Crippen molar-refractivity contribution < 1.29 is 13.2 Å². The van der Waals surface area contributed by atoms with Crippen LogP contribution in [0.2, 0.25) is 0 Å². The zero-order valence-electron chi connectivity index (χ0n) is 17.7. The smallest absolute Gasteiger partial charge is 0.154 e. The Labute approximate surface area is 187 Å². The molecule has 9 nitrogen and oxygen atoms in total. The van der Waals surface area contributed by atoms with Crippen LogP contribution < -0.4 is 15.5 Å². The number of fused-ring (bicyclic) bond motifs is 1. The van der Waals surface area contributed by atoms with Crippen LogP contribution in [0.3, 0.4) is 0 Å². The van der Waals surface area contributed by atoms with Crippen molar-refractivity contribution in [3.05, 3.63) is 42.7 Å². The molecule has 1 aromatic carbocycles. The summed E-state index contributed by atoms with van der Waals surface area (Å²) in [6, 6.07) is 10.0. The van der Waals surface area contributed by atoms with E-state index >= 15 is 0 Å². The molecule has 0 aliphatic carbocycles. The molecule has 4 heterocycles. The van der Waals surface area contributed by atoms with Gasteiger partial charge in [-0.1, -0.05) is 12.1 Å². The first-order valence-electron chi connectivity index (χ1n) is 10.8. The maximum Gasteiger partial charge on any atom is 0.154 e. The number of nitrogens with zero attached hydrogens (tertiary/aromatic N) is 4. The topological polar surface area (TPSA) is 109 Å². The number of anilines is 2. The average Bonchev–Trinajstić information content (AvgIpc) is 2.83. The van der Waals surface area contributed by atoms with Gasteiger partial charge in [0.25, 0.3) is 0 Å². The predicted octanol–water partition coefficient (Wildman–Crippen LogP) is 1.33. The Morgan fingerprint density at radius 1 is 1.12 bits per heavy atom. The zero-order valence-corrected chi connectivity index (χ0v) is 18.5. The largest absolute Gasteiger partial charge is 0.374 e. The van der Waals surface area contributed by atoms with Crippen molar-refractivity contribution >= 4 is 32.4 Å². The van der Waals surface area contributed by atoms with Gasteiger partial charge in [0, 0.05) is 56.4 Å². The molecule has 0 amide bonds. The van der Waals surface area contributed by atoms with Gasteiger partial charge in [-0.3, -0.25) is 4.98 Å². The molecular formula is C22H26N6O3S. The summed E-state index contributed by atoms with van der Waals surface area (Å²) in [6.45, 7) is 4.06. The van der Waals surface area contributed by atoms with Crippen molar-refractivity contribution in [2.75, 3.05) is 61.1 Å². The fourth-order valence-corrected chi connectivity index (χ4v) is 5.22. The molecule has 168 valence electrons. The molecular weight excluding hydrogens is 428 g/mol. The minimum atomic E-state index is -2.90. The number of rotatable bonds is 5. The fourth-order valence-electron chi connectivity index (χ4n) is 4.02. The van der Waals surface area contributed by atoms with Crippen molar-refractivity contribution in [1.82, 2.24) is 20.3 Å². The van der Waals surface area contributed by atoms with E-state index in [1.807, 2.05) is 30.3 Å². The first-order valence-corrected chi connectivity index (χ1v) is 12.6. The summed E-state index contributed by atoms with van der Waals surface area (Å²) < 4.78 is 29.2. The maximum atomic E-state index is 11.7. The quantitative estimate of drug-likeness (QED) is 0.590. The zero-order chi connectivity index (χ0) is 22.0. The van der Waals surface area contributed by atoms with Crippen molar-refractivity contribution in [2.45, 2.75) is 6.10 Å². The molecule has 0 saturated carbocycles. The van der Waals surface area contributed by atoms with Gasteiger partial charge in [0.2, 0.25) is 0 Å². The lowest BCUT2D eigenvalue weighted by molar-refractivity contribution is 0.0372. The summed E-state index contributed by atoms with van der Waals surface area (Å²) >= 11 is 0. The standard InChI is InChI=1S/C22H26N6O3S/c29-32(30)11-8-28(9-12-32)17-3-1-16(2-4-17)19-13-20-21(25-6-5-24-20)22(27-19)26-15-18-14-23-7-10-31-18/h1-6,13,18,23H,7-12,14-15H2,(H,26,27)/t18-/m0/s1. The Bertz CT molecular complexity index is 1180. The summed E-state index contributed by atoms with van der Waals surface area (Å²) in [4.78, 5) is 15.9. The highest BCUT2D eigenvalue weighted by molar-refractivity contribution is 7.91. The number of sulfone groups is 1. The molecule has 0 spiro atoms. The summed E-state index contributed by atoms with van der Waals surface area (Å²) in [7, 11) is -2.90. The lowest BCUT2D eigenvalue weighted by Crippen LogP contribution is -2.42. The third-order valence-electron chi connectivity index (χ3n) is 5.83. The van der Waals surface area contributed by atoms with E-state index < -0.39 is 9.84 Å². The second-order valence-corrected chi connectivity index (χ2v) is 10.3. The monoisotopic (exact) mass is 454 g/mol. The van der Waals surface area contributed by atoms with Crippen molar-refractivity contribution in [3.8, 4) is 11.3 Å². The van der Waals surface area contributed by atoms with Crippen molar-refractivity contribution in [1.29, 1.82) is 0 Å². The van der Waals surface area contributed by atoms with Gasteiger partial charge in [-0.15, -0.1) is 0 Å². The van der Waals surface area contributed by atoms with Crippen molar-refractivity contribution in [3.63, 3.8) is 0 Å². The van der Waals surface area contributed by atoms with E-state index in [1.165, 1.54) is 0 Å². The Hall–Kier alpha value is -2.82. The highest BCUT2D eigenvalue weighted by Gasteiger charge is 2.22. The number of benzene rings is 1. The van der Waals surface area contributed by atoms with Crippen molar-refractivity contribution in [2.24, 2.45) is 0 Å². The average molecular weight is 455 g/mol. The lowest BCUT2D eigenvalue weighted by Gasteiger charge is -2.28. The lowest BCUT2D eigenvalue weighted by atomic mass is 10.1. The van der Waals surface area contributed by atoms with Crippen LogP contribution in [0.1, 0.15) is 0 Å². The molecule has 10 heteroatoms. The van der Waals surface area contributed by atoms with E-state index in [1.54, 1.807) is 12.4 Å². The van der Waals surface area contributed by atoms with Gasteiger partial charge >= 0.3 is 0 Å². The van der Waals surface area contributed by atoms with E-state index in [2.05, 4.69) is 25.5 Å². The Balaban J connectivity index is 1.38. The number of aromatic nitrogens is 3. The van der Waals surface area contributed by atoms with E-state index in [4.69, 9.17) is 9.72 Å². The molecule has 3 aromatic rings. The van der Waals surface area contributed by atoms with Crippen LogP contribution in [-0.2, 0) is 14.6 Å². The summed E-state index contributed by atoms with van der Waals surface area (Å²) in [5, 5.41) is 6.73. The predicted molar refractivity (Wildman–Crippen MR) is 125 cm³/mol. The third-order valence-corrected chi connectivity index (χ3v) is 7.44. The second kappa shape index (κ2) is 8.97. The SMILES string of the molecule is O=S1(=O)CCN(c2ccc(-c3cc4nccnc4c(NC[C@@H]4CNCCO4)n3)cc2)CC1. The molecule has 2 fully saturated rings. The van der Waals surface area contributed by atoms with E-state index in [-0.39, 0.29) is 17.6 Å². The molecule has 2 aliphatic heterocycles. The number of morpholine rings is 1. The molecule has 2 saturated heterocycles. The van der Waals surface area contributed by atoms with Crippen LogP contribution in [0.15, 0.2) is 42.7 Å². The van der Waals surface area contributed by atoms with Crippen LogP contribution in [0, 0.1) is 0 Å². The van der Waals surface area contributed by atoms with Gasteiger partial charge in [0.05, 0.1) is 35.4 Å². The van der Waals surface area contributed by atoms with Gasteiger partial charge in [0.1, 0.15) is 5.52 Å². The molecule has 2 aromatic heterocycles. The maximum absolute atomic E-state index is 11.7. The summed E-state index contributed by atoms with van der Waals surface area (Å²) in [6.07, 6.45) is 3.42. The Morgan fingerprint density at radius 3 is 2.66 bits per heavy atom. The number of hydrogen-bond acceptors (Lipinski definition) is 9. The van der Waals surface area contributed by atoms with Crippen LogP contribution in [0.25, 0.3) is 22.3 Å². The first-order chi connectivity index (χ1) is 15.6. The van der Waals surface area contributed by atoms with Gasteiger partial charge in [-0.25, -0.2) is 18.4 Å². The molecule has 2 N–H and O–H groups in total. The minimum absolute atomic E-state index is 0.0774. The molecule has 0 bridgehead atoms. The number of ether oxygens (including phenoxy) is 1. The number of pyridine rings is 1. The third kappa shape index (κ3) is 4.67. The first kappa shape index (κ1) is 21.0.